The van der Waals surface area contributed by atoms with Gasteiger partial charge in [-0.05, 0) is 32.6 Å². The number of nitrogens with one attached hydrogen (secondary N) is 1. The Morgan fingerprint density at radius 1 is 1.50 bits per heavy atom. The molecule has 2 atom stereocenters. The van der Waals surface area contributed by atoms with Crippen molar-refractivity contribution in [3.63, 3.8) is 0 Å². The molecule has 0 amide bonds. The molecule has 1 aliphatic heterocycles. The number of thioether (sulfide) groups is 1. The minimum absolute atomic E-state index is 0.431. The van der Waals surface area contributed by atoms with E-state index >= 15 is 0 Å². The first-order valence-corrected chi connectivity index (χ1v) is 6.51. The van der Waals surface area contributed by atoms with Crippen LogP contribution in [-0.4, -0.2) is 36.3 Å². The molecule has 1 saturated heterocycles. The van der Waals surface area contributed by atoms with Crippen molar-refractivity contribution in [3.05, 3.63) is 0 Å². The first-order chi connectivity index (χ1) is 6.63. The lowest BCUT2D eigenvalue weighted by Gasteiger charge is -2.46. The largest absolute Gasteiger partial charge is 0.383 e. The van der Waals surface area contributed by atoms with Crippen LogP contribution in [0, 0.1) is 5.92 Å². The molecule has 0 aromatic heterocycles. The second-order valence-corrected chi connectivity index (χ2v) is 6.71. The molecule has 3 heteroatoms. The molecule has 2 fully saturated rings. The van der Waals surface area contributed by atoms with E-state index in [4.69, 9.17) is 4.74 Å². The Bertz CT molecular complexity index is 203. The van der Waals surface area contributed by atoms with Gasteiger partial charge in [0.05, 0.1) is 6.61 Å². The predicted molar refractivity (Wildman–Crippen MR) is 61.8 cm³/mol. The van der Waals surface area contributed by atoms with Crippen LogP contribution in [0.2, 0.25) is 0 Å². The molecule has 2 nitrogen and oxygen atoms in total. The normalized spacial score (nSPS) is 32.4. The van der Waals surface area contributed by atoms with Gasteiger partial charge in [0.2, 0.25) is 0 Å². The third kappa shape index (κ3) is 2.26. The summed E-state index contributed by atoms with van der Waals surface area (Å²) < 4.78 is 5.71. The Morgan fingerprint density at radius 2 is 2.21 bits per heavy atom. The standard InChI is InChI=1S/C11H21NOS/c1-11(2)10(7-14-11)12-9(6-13-3)8-4-5-8/h8-10,12H,4-7H2,1-3H3. The van der Waals surface area contributed by atoms with E-state index < -0.39 is 0 Å². The van der Waals surface area contributed by atoms with Crippen LogP contribution in [0.3, 0.4) is 0 Å². The van der Waals surface area contributed by atoms with Crippen LogP contribution in [0.1, 0.15) is 26.7 Å². The van der Waals surface area contributed by atoms with Gasteiger partial charge in [-0.3, -0.25) is 0 Å². The Balaban J connectivity index is 1.81. The van der Waals surface area contributed by atoms with E-state index in [1.54, 1.807) is 7.11 Å². The lowest BCUT2D eigenvalue weighted by atomic mass is 10.0. The second kappa shape index (κ2) is 4.03. The van der Waals surface area contributed by atoms with Gasteiger partial charge >= 0.3 is 0 Å². The highest BCUT2D eigenvalue weighted by Crippen LogP contribution is 2.41. The summed E-state index contributed by atoms with van der Waals surface area (Å²) in [6, 6.07) is 1.29. The van der Waals surface area contributed by atoms with E-state index in [1.165, 1.54) is 18.6 Å². The summed E-state index contributed by atoms with van der Waals surface area (Å²) in [6.07, 6.45) is 2.78. The summed E-state index contributed by atoms with van der Waals surface area (Å²) in [5.41, 5.74) is 0. The molecule has 2 aliphatic rings. The Morgan fingerprint density at radius 3 is 2.57 bits per heavy atom. The molecular weight excluding hydrogens is 194 g/mol. The SMILES string of the molecule is COCC(NC1CSC1(C)C)C1CC1. The van der Waals surface area contributed by atoms with Gasteiger partial charge in [0.1, 0.15) is 0 Å². The van der Waals surface area contributed by atoms with Crippen molar-refractivity contribution in [1.29, 1.82) is 0 Å². The van der Waals surface area contributed by atoms with E-state index in [1.807, 2.05) is 0 Å². The van der Waals surface area contributed by atoms with Crippen LogP contribution in [0.5, 0.6) is 0 Å². The van der Waals surface area contributed by atoms with Crippen molar-refractivity contribution in [2.24, 2.45) is 5.92 Å². The van der Waals surface area contributed by atoms with Gasteiger partial charge in [-0.2, -0.15) is 11.8 Å². The summed E-state index contributed by atoms with van der Waals surface area (Å²) in [6.45, 7) is 5.53. The summed E-state index contributed by atoms with van der Waals surface area (Å²) in [5, 5.41) is 3.76. The molecule has 2 rings (SSSR count). The lowest BCUT2D eigenvalue weighted by Crippen LogP contribution is -2.58. The van der Waals surface area contributed by atoms with Crippen LogP contribution in [0.4, 0.5) is 0 Å². The Hall–Kier alpha value is 0.270. The zero-order valence-electron chi connectivity index (χ0n) is 9.38. The monoisotopic (exact) mass is 215 g/mol. The maximum Gasteiger partial charge on any atom is 0.0618 e. The van der Waals surface area contributed by atoms with Gasteiger partial charge < -0.3 is 10.1 Å². The van der Waals surface area contributed by atoms with Crippen LogP contribution in [0.25, 0.3) is 0 Å². The molecule has 0 aromatic rings. The quantitative estimate of drug-likeness (QED) is 0.757. The summed E-state index contributed by atoms with van der Waals surface area (Å²) in [5.74, 6) is 2.15. The minimum Gasteiger partial charge on any atom is -0.383 e. The molecule has 1 saturated carbocycles. The minimum atomic E-state index is 0.431. The van der Waals surface area contributed by atoms with Gasteiger partial charge in [-0.25, -0.2) is 0 Å². The van der Waals surface area contributed by atoms with Gasteiger partial charge in [-0.1, -0.05) is 0 Å². The molecule has 0 aromatic carbocycles. The maximum absolute atomic E-state index is 5.27. The molecule has 0 spiro atoms. The van der Waals surface area contributed by atoms with Gasteiger partial charge in [0, 0.05) is 29.7 Å². The zero-order valence-corrected chi connectivity index (χ0v) is 10.2. The van der Waals surface area contributed by atoms with Crippen molar-refractivity contribution in [3.8, 4) is 0 Å². The highest BCUT2D eigenvalue weighted by molar-refractivity contribution is 8.02. The summed E-state index contributed by atoms with van der Waals surface area (Å²) in [7, 11) is 1.80. The fourth-order valence-electron chi connectivity index (χ4n) is 2.01. The van der Waals surface area contributed by atoms with Gasteiger partial charge in [0.25, 0.3) is 0 Å². The molecule has 0 radical (unpaired) electrons. The zero-order chi connectivity index (χ0) is 10.2. The van der Waals surface area contributed by atoms with Crippen molar-refractivity contribution in [1.82, 2.24) is 5.32 Å². The second-order valence-electron chi connectivity index (χ2n) is 5.03. The highest BCUT2D eigenvalue weighted by Gasteiger charge is 2.42. The van der Waals surface area contributed by atoms with Crippen LogP contribution in [0.15, 0.2) is 0 Å². The molecule has 14 heavy (non-hydrogen) atoms. The number of methoxy groups -OCH3 is 1. The maximum atomic E-state index is 5.27. The molecule has 0 bridgehead atoms. The molecule has 1 heterocycles. The van der Waals surface area contributed by atoms with Crippen LogP contribution >= 0.6 is 11.8 Å². The van der Waals surface area contributed by atoms with Crippen LogP contribution < -0.4 is 5.32 Å². The van der Waals surface area contributed by atoms with E-state index in [-0.39, 0.29) is 0 Å². The predicted octanol–water partition coefficient (Wildman–Crippen LogP) is 1.89. The van der Waals surface area contributed by atoms with E-state index in [0.29, 0.717) is 16.8 Å². The average Bonchev–Trinajstić information content (AvgIpc) is 2.93. The molecule has 1 N–H and O–H groups in total. The molecule has 82 valence electrons. The van der Waals surface area contributed by atoms with E-state index in [0.717, 1.165) is 12.5 Å². The van der Waals surface area contributed by atoms with E-state index in [9.17, 15) is 0 Å². The number of rotatable bonds is 5. The van der Waals surface area contributed by atoms with Gasteiger partial charge in [0.15, 0.2) is 0 Å². The smallest absolute Gasteiger partial charge is 0.0618 e. The van der Waals surface area contributed by atoms with Crippen LogP contribution in [-0.2, 0) is 4.74 Å². The van der Waals surface area contributed by atoms with Crippen molar-refractivity contribution in [2.75, 3.05) is 19.5 Å². The van der Waals surface area contributed by atoms with Crippen molar-refractivity contribution >= 4 is 11.8 Å². The summed E-state index contributed by atoms with van der Waals surface area (Å²) in [4.78, 5) is 0. The first kappa shape index (κ1) is 10.8. The molecule has 1 aliphatic carbocycles. The third-order valence-electron chi connectivity index (χ3n) is 3.41. The summed E-state index contributed by atoms with van der Waals surface area (Å²) >= 11 is 2.06. The average molecular weight is 215 g/mol. The topological polar surface area (TPSA) is 21.3 Å². The number of hydrogen-bond donors (Lipinski definition) is 1. The Labute approximate surface area is 91.2 Å². The van der Waals surface area contributed by atoms with Gasteiger partial charge in [-0.15, -0.1) is 0 Å². The third-order valence-corrected chi connectivity index (χ3v) is 4.94. The fraction of sp³-hybridized carbons (Fsp3) is 1.00. The Kier molecular flexibility index (Phi) is 3.10. The fourth-order valence-corrected chi connectivity index (χ4v) is 3.17. The van der Waals surface area contributed by atoms with Crippen molar-refractivity contribution in [2.45, 2.75) is 43.5 Å². The number of hydrogen-bond acceptors (Lipinski definition) is 3. The first-order valence-electron chi connectivity index (χ1n) is 5.52. The molecular formula is C11H21NOS. The molecule has 2 unspecified atom stereocenters. The lowest BCUT2D eigenvalue weighted by molar-refractivity contribution is 0.148. The van der Waals surface area contributed by atoms with Crippen molar-refractivity contribution < 1.29 is 4.74 Å². The number of ether oxygens (including phenoxy) is 1. The van der Waals surface area contributed by atoms with E-state index in [2.05, 4.69) is 30.9 Å². The highest BCUT2D eigenvalue weighted by atomic mass is 32.2.